The van der Waals surface area contributed by atoms with Crippen LogP contribution < -0.4 is 16.4 Å². The summed E-state index contributed by atoms with van der Waals surface area (Å²) in [6.45, 7) is 9.20. The highest BCUT2D eigenvalue weighted by molar-refractivity contribution is 5.93. The molecule has 1 aromatic rings. The number of alkyl carbamates (subject to hydrolysis) is 1. The number of carbonyl (C=O) groups excluding carboxylic acids is 4. The molecule has 2 aliphatic rings. The van der Waals surface area contributed by atoms with Gasteiger partial charge in [-0.05, 0) is 89.8 Å². The number of rotatable bonds is 10. The van der Waals surface area contributed by atoms with E-state index in [1.54, 1.807) is 25.7 Å². The van der Waals surface area contributed by atoms with E-state index in [9.17, 15) is 19.2 Å². The maximum Gasteiger partial charge on any atom is 0.408 e. The van der Waals surface area contributed by atoms with Crippen molar-refractivity contribution in [3.05, 3.63) is 34.9 Å². The SMILES string of the molecule is Cc1ccc(C(C(=O)NC2CCCCC2)N(C(=O)C(CCC(N)=O)NC(=O)OC(C)(C)C)C2CCC2)cc1C. The second-order valence-electron chi connectivity index (χ2n) is 12.1. The van der Waals surface area contributed by atoms with E-state index in [4.69, 9.17) is 10.5 Å². The molecule has 0 aliphatic heterocycles. The highest BCUT2D eigenvalue weighted by Crippen LogP contribution is 2.35. The lowest BCUT2D eigenvalue weighted by molar-refractivity contribution is -0.148. The summed E-state index contributed by atoms with van der Waals surface area (Å²) in [7, 11) is 0. The van der Waals surface area contributed by atoms with E-state index < -0.39 is 35.6 Å². The maximum atomic E-state index is 14.3. The summed E-state index contributed by atoms with van der Waals surface area (Å²) in [6.07, 6.45) is 6.79. The largest absolute Gasteiger partial charge is 0.444 e. The number of nitrogens with two attached hydrogens (primary N) is 1. The van der Waals surface area contributed by atoms with Crippen molar-refractivity contribution in [2.75, 3.05) is 0 Å². The quantitative estimate of drug-likeness (QED) is 0.405. The van der Waals surface area contributed by atoms with E-state index in [1.807, 2.05) is 32.0 Å². The van der Waals surface area contributed by atoms with Crippen molar-refractivity contribution in [1.82, 2.24) is 15.5 Å². The zero-order valence-electron chi connectivity index (χ0n) is 24.2. The fraction of sp³-hybridized carbons (Fsp3) is 0.667. The predicted octanol–water partition coefficient (Wildman–Crippen LogP) is 4.33. The molecule has 9 heteroatoms. The molecule has 2 fully saturated rings. The Hall–Kier alpha value is -3.10. The summed E-state index contributed by atoms with van der Waals surface area (Å²) >= 11 is 0. The molecule has 2 aliphatic carbocycles. The molecule has 1 aromatic carbocycles. The Labute approximate surface area is 232 Å². The van der Waals surface area contributed by atoms with Crippen molar-refractivity contribution in [1.29, 1.82) is 0 Å². The second kappa shape index (κ2) is 13.3. The predicted molar refractivity (Wildman–Crippen MR) is 150 cm³/mol. The van der Waals surface area contributed by atoms with Crippen LogP contribution in [0, 0.1) is 13.8 Å². The smallest absolute Gasteiger partial charge is 0.408 e. The Bertz CT molecular complexity index is 1040. The second-order valence-corrected chi connectivity index (χ2v) is 12.1. The van der Waals surface area contributed by atoms with Gasteiger partial charge >= 0.3 is 6.09 Å². The minimum absolute atomic E-state index is 0.0144. The van der Waals surface area contributed by atoms with Gasteiger partial charge in [0.05, 0.1) is 0 Å². The molecule has 216 valence electrons. The first-order valence-electron chi connectivity index (χ1n) is 14.3. The molecule has 39 heavy (non-hydrogen) atoms. The van der Waals surface area contributed by atoms with Crippen LogP contribution in [-0.2, 0) is 19.1 Å². The zero-order chi connectivity index (χ0) is 28.7. The van der Waals surface area contributed by atoms with Gasteiger partial charge in [-0.25, -0.2) is 4.79 Å². The van der Waals surface area contributed by atoms with Crippen molar-refractivity contribution >= 4 is 23.8 Å². The number of nitrogens with one attached hydrogen (secondary N) is 2. The van der Waals surface area contributed by atoms with Gasteiger partial charge in [0, 0.05) is 18.5 Å². The normalized spacial score (nSPS) is 17.9. The lowest BCUT2D eigenvalue weighted by atomic mass is 9.87. The molecular formula is C30H46N4O5. The number of amides is 4. The summed E-state index contributed by atoms with van der Waals surface area (Å²) in [5.74, 6) is -1.19. The van der Waals surface area contributed by atoms with Crippen molar-refractivity contribution < 1.29 is 23.9 Å². The lowest BCUT2D eigenvalue weighted by Gasteiger charge is -2.44. The molecule has 0 radical (unpaired) electrons. The fourth-order valence-corrected chi connectivity index (χ4v) is 5.26. The first kappa shape index (κ1) is 30.4. The molecule has 0 spiro atoms. The Balaban J connectivity index is 1.99. The molecule has 0 saturated heterocycles. The molecule has 2 unspecified atom stereocenters. The topological polar surface area (TPSA) is 131 Å². The van der Waals surface area contributed by atoms with E-state index >= 15 is 0 Å². The molecule has 2 saturated carbocycles. The Kier molecular flexibility index (Phi) is 10.4. The molecule has 4 N–H and O–H groups in total. The van der Waals surface area contributed by atoms with Crippen LogP contribution in [0.2, 0.25) is 0 Å². The lowest BCUT2D eigenvalue weighted by Crippen LogP contribution is -2.58. The van der Waals surface area contributed by atoms with E-state index in [0.29, 0.717) is 0 Å². The standard InChI is InChI=1S/C30H46N4O5/c1-19-14-15-21(18-20(19)2)26(27(36)32-22-10-7-6-8-11-22)34(23-12-9-13-23)28(37)24(16-17-25(31)35)33-29(38)39-30(3,4)5/h14-15,18,22-24,26H,6-13,16-17H2,1-5H3,(H2,31,35)(H,32,36)(H,33,38). The Morgan fingerprint density at radius 2 is 1.67 bits per heavy atom. The Morgan fingerprint density at radius 1 is 1.00 bits per heavy atom. The van der Waals surface area contributed by atoms with Crippen molar-refractivity contribution in [3.63, 3.8) is 0 Å². The van der Waals surface area contributed by atoms with E-state index in [-0.39, 0.29) is 30.8 Å². The van der Waals surface area contributed by atoms with Crippen LogP contribution in [-0.4, -0.2) is 52.4 Å². The molecular weight excluding hydrogens is 496 g/mol. The third-order valence-electron chi connectivity index (χ3n) is 7.72. The molecule has 3 rings (SSSR count). The third kappa shape index (κ3) is 8.70. The summed E-state index contributed by atoms with van der Waals surface area (Å²) in [5.41, 5.74) is 7.50. The fourth-order valence-electron chi connectivity index (χ4n) is 5.26. The number of nitrogens with zero attached hydrogens (tertiary/aromatic N) is 1. The van der Waals surface area contributed by atoms with Gasteiger partial charge in [-0.1, -0.05) is 37.5 Å². The number of benzene rings is 1. The van der Waals surface area contributed by atoms with Crippen LogP contribution >= 0.6 is 0 Å². The number of ether oxygens (including phenoxy) is 1. The molecule has 0 heterocycles. The summed E-state index contributed by atoms with van der Waals surface area (Å²) in [6, 6.07) is 3.84. The van der Waals surface area contributed by atoms with Crippen LogP contribution in [0.4, 0.5) is 4.79 Å². The summed E-state index contributed by atoms with van der Waals surface area (Å²) < 4.78 is 5.41. The highest BCUT2D eigenvalue weighted by atomic mass is 16.6. The van der Waals surface area contributed by atoms with Crippen LogP contribution in [0.5, 0.6) is 0 Å². The Morgan fingerprint density at radius 3 is 2.21 bits per heavy atom. The summed E-state index contributed by atoms with van der Waals surface area (Å²) in [5, 5.41) is 5.90. The van der Waals surface area contributed by atoms with Gasteiger partial charge in [-0.2, -0.15) is 0 Å². The molecule has 9 nitrogen and oxygen atoms in total. The number of aryl methyl sites for hydroxylation is 2. The number of hydrogen-bond donors (Lipinski definition) is 3. The van der Waals surface area contributed by atoms with Gasteiger partial charge in [0.15, 0.2) is 0 Å². The van der Waals surface area contributed by atoms with Crippen molar-refractivity contribution in [3.8, 4) is 0 Å². The molecule has 0 bridgehead atoms. The molecule has 2 atom stereocenters. The number of hydrogen-bond acceptors (Lipinski definition) is 5. The van der Waals surface area contributed by atoms with Gasteiger partial charge in [-0.3, -0.25) is 14.4 Å². The van der Waals surface area contributed by atoms with Gasteiger partial charge in [-0.15, -0.1) is 0 Å². The average Bonchev–Trinajstić information content (AvgIpc) is 2.81. The number of primary amides is 1. The van der Waals surface area contributed by atoms with Gasteiger partial charge in [0.1, 0.15) is 17.7 Å². The zero-order valence-corrected chi connectivity index (χ0v) is 24.2. The first-order valence-corrected chi connectivity index (χ1v) is 14.3. The first-order chi connectivity index (χ1) is 18.4. The van der Waals surface area contributed by atoms with Crippen LogP contribution in [0.1, 0.15) is 108 Å². The maximum absolute atomic E-state index is 14.3. The van der Waals surface area contributed by atoms with E-state index in [2.05, 4.69) is 10.6 Å². The third-order valence-corrected chi connectivity index (χ3v) is 7.72. The monoisotopic (exact) mass is 542 g/mol. The minimum Gasteiger partial charge on any atom is -0.444 e. The van der Waals surface area contributed by atoms with Crippen molar-refractivity contribution in [2.24, 2.45) is 5.73 Å². The van der Waals surface area contributed by atoms with E-state index in [1.165, 1.54) is 0 Å². The minimum atomic E-state index is -1.07. The average molecular weight is 543 g/mol. The van der Waals surface area contributed by atoms with Crippen LogP contribution in [0.3, 0.4) is 0 Å². The summed E-state index contributed by atoms with van der Waals surface area (Å²) in [4.78, 5) is 54.3. The van der Waals surface area contributed by atoms with Crippen LogP contribution in [0.15, 0.2) is 18.2 Å². The van der Waals surface area contributed by atoms with Gasteiger partial charge in [0.25, 0.3) is 0 Å². The van der Waals surface area contributed by atoms with E-state index in [0.717, 1.165) is 68.1 Å². The molecule has 0 aromatic heterocycles. The van der Waals surface area contributed by atoms with Crippen molar-refractivity contribution in [2.45, 2.75) is 129 Å². The highest BCUT2D eigenvalue weighted by Gasteiger charge is 2.42. The van der Waals surface area contributed by atoms with Gasteiger partial charge < -0.3 is 26.0 Å². The van der Waals surface area contributed by atoms with Crippen LogP contribution in [0.25, 0.3) is 0 Å². The molecule has 4 amide bonds. The van der Waals surface area contributed by atoms with Gasteiger partial charge in [0.2, 0.25) is 17.7 Å². The number of carbonyl (C=O) groups is 4.